The Morgan fingerprint density at radius 3 is 2.29 bits per heavy atom. The highest BCUT2D eigenvalue weighted by Crippen LogP contribution is 2.25. The Balaban J connectivity index is 1.19. The predicted octanol–water partition coefficient (Wildman–Crippen LogP) is 4.73. The minimum Gasteiger partial charge on any atom is -0.369 e. The molecule has 1 amide bonds. The number of nitrogens with one attached hydrogen (secondary N) is 1. The highest BCUT2D eigenvalue weighted by Gasteiger charge is 2.21. The van der Waals surface area contributed by atoms with E-state index >= 15 is 0 Å². The first-order valence-electron chi connectivity index (χ1n) is 12.0. The average molecular weight is 484 g/mol. The third-order valence-corrected chi connectivity index (χ3v) is 7.04. The number of thioether (sulfide) groups is 1. The largest absolute Gasteiger partial charge is 0.369 e. The molecule has 5 rings (SSSR count). The molecule has 1 aromatic heterocycles. The van der Waals surface area contributed by atoms with Crippen molar-refractivity contribution in [2.24, 2.45) is 0 Å². The molecule has 1 aliphatic heterocycles. The first kappa shape index (κ1) is 23.2. The zero-order valence-corrected chi connectivity index (χ0v) is 20.5. The number of hydrogen-bond donors (Lipinski definition) is 1. The van der Waals surface area contributed by atoms with Gasteiger partial charge in [-0.05, 0) is 36.2 Å². The van der Waals surface area contributed by atoms with Crippen LogP contribution in [-0.4, -0.2) is 59.3 Å². The molecule has 3 aromatic carbocycles. The van der Waals surface area contributed by atoms with Crippen molar-refractivity contribution < 1.29 is 4.79 Å². The standard InChI is InChI=1S/C28H29N5OS/c34-26(33-19-17-32(18-20-33)23-11-5-2-6-12-23)21-35-28-30-25-14-8-7-13-24(25)27(31-28)29-16-15-22-9-3-1-4-10-22/h1-14H,15-21H2,(H,29,30,31). The molecule has 2 heterocycles. The number of anilines is 2. The maximum absolute atomic E-state index is 12.9. The first-order chi connectivity index (χ1) is 17.3. The smallest absolute Gasteiger partial charge is 0.233 e. The molecule has 0 bridgehead atoms. The van der Waals surface area contributed by atoms with E-state index in [0.29, 0.717) is 10.9 Å². The Labute approximate surface area is 210 Å². The fourth-order valence-corrected chi connectivity index (χ4v) is 5.05. The van der Waals surface area contributed by atoms with Gasteiger partial charge in [0.2, 0.25) is 5.91 Å². The molecule has 7 heteroatoms. The molecule has 1 aliphatic rings. The molecule has 178 valence electrons. The lowest BCUT2D eigenvalue weighted by molar-refractivity contribution is -0.128. The summed E-state index contributed by atoms with van der Waals surface area (Å²) in [5, 5.41) is 5.10. The van der Waals surface area contributed by atoms with Crippen LogP contribution in [0.2, 0.25) is 0 Å². The minimum absolute atomic E-state index is 0.137. The second kappa shape index (κ2) is 11.2. The maximum atomic E-state index is 12.9. The number of amides is 1. The van der Waals surface area contributed by atoms with Gasteiger partial charge in [0.25, 0.3) is 0 Å². The number of hydrogen-bond acceptors (Lipinski definition) is 6. The van der Waals surface area contributed by atoms with Crippen molar-refractivity contribution in [1.82, 2.24) is 14.9 Å². The lowest BCUT2D eigenvalue weighted by Gasteiger charge is -2.36. The molecular formula is C28H29N5OS. The van der Waals surface area contributed by atoms with Gasteiger partial charge >= 0.3 is 0 Å². The van der Waals surface area contributed by atoms with Gasteiger partial charge in [-0.25, -0.2) is 9.97 Å². The molecule has 1 saturated heterocycles. The lowest BCUT2D eigenvalue weighted by atomic mass is 10.1. The van der Waals surface area contributed by atoms with Crippen molar-refractivity contribution in [1.29, 1.82) is 0 Å². The van der Waals surface area contributed by atoms with E-state index in [4.69, 9.17) is 9.97 Å². The topological polar surface area (TPSA) is 61.4 Å². The van der Waals surface area contributed by atoms with Crippen LogP contribution in [0, 0.1) is 0 Å². The molecule has 0 aliphatic carbocycles. The summed E-state index contributed by atoms with van der Waals surface area (Å²) in [5.41, 5.74) is 3.38. The molecule has 6 nitrogen and oxygen atoms in total. The summed E-state index contributed by atoms with van der Waals surface area (Å²) in [4.78, 5) is 26.7. The number of aromatic nitrogens is 2. The van der Waals surface area contributed by atoms with Gasteiger partial charge in [0.15, 0.2) is 5.16 Å². The van der Waals surface area contributed by atoms with Crippen LogP contribution in [0.5, 0.6) is 0 Å². The Bertz CT molecular complexity index is 1260. The van der Waals surface area contributed by atoms with Crippen LogP contribution in [0.15, 0.2) is 90.1 Å². The quantitative estimate of drug-likeness (QED) is 0.289. The summed E-state index contributed by atoms with van der Waals surface area (Å²) < 4.78 is 0. The molecule has 0 radical (unpaired) electrons. The third-order valence-electron chi connectivity index (χ3n) is 6.21. The number of carbonyl (C=O) groups excluding carboxylic acids is 1. The van der Waals surface area contributed by atoms with Crippen LogP contribution in [0.1, 0.15) is 5.56 Å². The maximum Gasteiger partial charge on any atom is 0.233 e. The van der Waals surface area contributed by atoms with Crippen LogP contribution >= 0.6 is 11.8 Å². The van der Waals surface area contributed by atoms with Crippen LogP contribution in [0.4, 0.5) is 11.5 Å². The summed E-state index contributed by atoms with van der Waals surface area (Å²) in [7, 11) is 0. The van der Waals surface area contributed by atoms with E-state index in [1.165, 1.54) is 23.0 Å². The Kier molecular flexibility index (Phi) is 7.44. The molecule has 0 unspecified atom stereocenters. The van der Waals surface area contributed by atoms with Crippen molar-refractivity contribution in [2.45, 2.75) is 11.6 Å². The van der Waals surface area contributed by atoms with Gasteiger partial charge in [-0.3, -0.25) is 4.79 Å². The Morgan fingerprint density at radius 2 is 1.51 bits per heavy atom. The summed E-state index contributed by atoms with van der Waals surface area (Å²) >= 11 is 1.41. The fraction of sp³-hybridized carbons (Fsp3) is 0.250. The van der Waals surface area contributed by atoms with Gasteiger partial charge in [0.1, 0.15) is 5.82 Å². The lowest BCUT2D eigenvalue weighted by Crippen LogP contribution is -2.49. The fourth-order valence-electron chi connectivity index (χ4n) is 4.29. The summed E-state index contributed by atoms with van der Waals surface area (Å²) in [5.74, 6) is 1.30. The number of nitrogens with zero attached hydrogens (tertiary/aromatic N) is 4. The zero-order chi connectivity index (χ0) is 23.9. The van der Waals surface area contributed by atoms with E-state index < -0.39 is 0 Å². The molecular weight excluding hydrogens is 454 g/mol. The summed E-state index contributed by atoms with van der Waals surface area (Å²) in [6, 6.07) is 28.8. The number of para-hydroxylation sites is 2. The van der Waals surface area contributed by atoms with Gasteiger partial charge < -0.3 is 15.1 Å². The van der Waals surface area contributed by atoms with Crippen molar-refractivity contribution in [2.75, 3.05) is 48.7 Å². The molecule has 0 atom stereocenters. The summed E-state index contributed by atoms with van der Waals surface area (Å²) in [6.07, 6.45) is 0.912. The van der Waals surface area contributed by atoms with E-state index in [9.17, 15) is 4.79 Å². The van der Waals surface area contributed by atoms with E-state index in [0.717, 1.165) is 55.9 Å². The third kappa shape index (κ3) is 5.92. The highest BCUT2D eigenvalue weighted by molar-refractivity contribution is 7.99. The average Bonchev–Trinajstić information content (AvgIpc) is 2.93. The number of carbonyl (C=O) groups is 1. The monoisotopic (exact) mass is 483 g/mol. The SMILES string of the molecule is O=C(CSc1nc(NCCc2ccccc2)c2ccccc2n1)N1CCN(c2ccccc2)CC1. The zero-order valence-electron chi connectivity index (χ0n) is 19.6. The van der Waals surface area contributed by atoms with E-state index in [2.05, 4.69) is 58.7 Å². The van der Waals surface area contributed by atoms with Crippen LogP contribution in [0.3, 0.4) is 0 Å². The second-order valence-electron chi connectivity index (χ2n) is 8.53. The number of piperazine rings is 1. The molecule has 0 spiro atoms. The van der Waals surface area contributed by atoms with Crippen LogP contribution in [0.25, 0.3) is 10.9 Å². The van der Waals surface area contributed by atoms with Crippen molar-refractivity contribution in [3.8, 4) is 0 Å². The Morgan fingerprint density at radius 1 is 0.829 bits per heavy atom. The summed E-state index contributed by atoms with van der Waals surface area (Å²) in [6.45, 7) is 3.95. The molecule has 0 saturated carbocycles. The molecule has 1 N–H and O–H groups in total. The van der Waals surface area contributed by atoms with E-state index in [1.54, 1.807) is 0 Å². The van der Waals surface area contributed by atoms with Gasteiger partial charge in [-0.2, -0.15) is 0 Å². The second-order valence-corrected chi connectivity index (χ2v) is 9.47. The van der Waals surface area contributed by atoms with Gasteiger partial charge in [0.05, 0.1) is 11.3 Å². The molecule has 35 heavy (non-hydrogen) atoms. The Hall–Kier alpha value is -3.58. The van der Waals surface area contributed by atoms with E-state index in [1.807, 2.05) is 41.3 Å². The van der Waals surface area contributed by atoms with Gasteiger partial charge in [-0.15, -0.1) is 0 Å². The molecule has 1 fully saturated rings. The minimum atomic E-state index is 0.137. The van der Waals surface area contributed by atoms with Crippen LogP contribution < -0.4 is 10.2 Å². The number of rotatable bonds is 8. The van der Waals surface area contributed by atoms with Crippen LogP contribution in [-0.2, 0) is 11.2 Å². The predicted molar refractivity (Wildman–Crippen MR) is 144 cm³/mol. The normalized spacial score (nSPS) is 13.7. The van der Waals surface area contributed by atoms with E-state index in [-0.39, 0.29) is 5.91 Å². The van der Waals surface area contributed by atoms with Crippen molar-refractivity contribution >= 4 is 40.1 Å². The van der Waals surface area contributed by atoms with Gasteiger partial charge in [-0.1, -0.05) is 72.4 Å². The van der Waals surface area contributed by atoms with Crippen molar-refractivity contribution in [3.05, 3.63) is 90.5 Å². The highest BCUT2D eigenvalue weighted by atomic mass is 32.2. The number of fused-ring (bicyclic) bond motifs is 1. The molecule has 4 aromatic rings. The number of benzene rings is 3. The first-order valence-corrected chi connectivity index (χ1v) is 13.0. The van der Waals surface area contributed by atoms with Gasteiger partial charge in [0, 0.05) is 43.8 Å². The van der Waals surface area contributed by atoms with Crippen molar-refractivity contribution in [3.63, 3.8) is 0 Å².